The summed E-state index contributed by atoms with van der Waals surface area (Å²) in [6, 6.07) is 5.56. The van der Waals surface area contributed by atoms with Crippen molar-refractivity contribution >= 4 is 6.03 Å². The molecule has 1 atom stereocenters. The summed E-state index contributed by atoms with van der Waals surface area (Å²) >= 11 is 0. The molecule has 0 bridgehead atoms. The molecule has 1 N–H and O–H groups in total. The fraction of sp³-hybridized carbons (Fsp3) is 0.500. The third-order valence-corrected chi connectivity index (χ3v) is 4.27. The lowest BCUT2D eigenvalue weighted by Crippen LogP contribution is -2.44. The molecule has 140 valence electrons. The first kappa shape index (κ1) is 18.2. The summed E-state index contributed by atoms with van der Waals surface area (Å²) in [7, 11) is 0. The lowest BCUT2D eigenvalue weighted by atomic mass is 10.0. The molecule has 1 fully saturated rings. The number of urea groups is 1. The first-order valence-corrected chi connectivity index (χ1v) is 8.92. The summed E-state index contributed by atoms with van der Waals surface area (Å²) in [6.45, 7) is 3.51. The molecular formula is C18H23FN4O3. The molecule has 2 heterocycles. The van der Waals surface area contributed by atoms with Gasteiger partial charge in [-0.2, -0.15) is 4.98 Å². The molecule has 1 aliphatic rings. The third-order valence-electron chi connectivity index (χ3n) is 4.27. The molecule has 0 radical (unpaired) electrons. The normalized spacial score (nSPS) is 17.2. The number of nitrogens with zero attached hydrogens (tertiary/aromatic N) is 3. The number of benzene rings is 1. The van der Waals surface area contributed by atoms with Crippen LogP contribution < -0.4 is 10.1 Å². The highest BCUT2D eigenvalue weighted by atomic mass is 19.1. The van der Waals surface area contributed by atoms with E-state index in [1.807, 2.05) is 6.92 Å². The number of carbonyl (C=O) groups excluding carboxylic acids is 1. The minimum atomic E-state index is -0.302. The van der Waals surface area contributed by atoms with Crippen LogP contribution in [0.15, 0.2) is 28.8 Å². The first-order valence-electron chi connectivity index (χ1n) is 8.92. The van der Waals surface area contributed by atoms with E-state index in [1.165, 1.54) is 12.1 Å². The van der Waals surface area contributed by atoms with Crippen molar-refractivity contribution in [2.24, 2.45) is 0 Å². The minimum Gasteiger partial charge on any atom is -0.493 e. The number of piperidine rings is 1. The fourth-order valence-corrected chi connectivity index (χ4v) is 2.98. The number of aromatic nitrogens is 2. The third kappa shape index (κ3) is 4.50. The summed E-state index contributed by atoms with van der Waals surface area (Å²) in [5, 5.41) is 6.82. The van der Waals surface area contributed by atoms with Crippen LogP contribution in [-0.2, 0) is 6.42 Å². The summed E-state index contributed by atoms with van der Waals surface area (Å²) in [4.78, 5) is 18.4. The van der Waals surface area contributed by atoms with Gasteiger partial charge in [-0.25, -0.2) is 9.18 Å². The summed E-state index contributed by atoms with van der Waals surface area (Å²) in [5.74, 6) is 1.28. The molecule has 0 spiro atoms. The predicted octanol–water partition coefficient (Wildman–Crippen LogP) is 3.09. The molecule has 1 aromatic heterocycles. The minimum absolute atomic E-state index is 0.100. The van der Waals surface area contributed by atoms with E-state index < -0.39 is 0 Å². The molecule has 2 amide bonds. The molecule has 1 unspecified atom stereocenters. The van der Waals surface area contributed by atoms with Gasteiger partial charge in [0.25, 0.3) is 0 Å². The van der Waals surface area contributed by atoms with Crippen molar-refractivity contribution in [2.45, 2.75) is 38.6 Å². The molecule has 3 rings (SSSR count). The summed E-state index contributed by atoms with van der Waals surface area (Å²) in [5.41, 5.74) is 0. The van der Waals surface area contributed by atoms with Crippen molar-refractivity contribution in [1.29, 1.82) is 0 Å². The standard InChI is InChI=1S/C18H23FN4O3/c1-2-20-18(24)23-11-4-3-5-15(23)17-21-16(22-26-17)10-12-25-14-8-6-13(19)7-9-14/h6-9,15H,2-5,10-12H2,1H3,(H,20,24). The second-order valence-corrected chi connectivity index (χ2v) is 6.14. The fourth-order valence-electron chi connectivity index (χ4n) is 2.98. The van der Waals surface area contributed by atoms with Crippen molar-refractivity contribution in [3.63, 3.8) is 0 Å². The Kier molecular flexibility index (Phi) is 6.04. The molecule has 1 saturated heterocycles. The van der Waals surface area contributed by atoms with Crippen LogP contribution >= 0.6 is 0 Å². The number of carbonyl (C=O) groups is 1. The lowest BCUT2D eigenvalue weighted by molar-refractivity contribution is 0.132. The molecular weight excluding hydrogens is 339 g/mol. The van der Waals surface area contributed by atoms with Crippen LogP contribution in [-0.4, -0.2) is 40.8 Å². The zero-order valence-corrected chi connectivity index (χ0v) is 14.8. The van der Waals surface area contributed by atoms with Crippen LogP contribution in [0.25, 0.3) is 0 Å². The average molecular weight is 362 g/mol. The number of hydrogen-bond donors (Lipinski definition) is 1. The maximum absolute atomic E-state index is 12.9. The molecule has 7 nitrogen and oxygen atoms in total. The number of nitrogens with one attached hydrogen (secondary N) is 1. The van der Waals surface area contributed by atoms with Gasteiger partial charge in [0, 0.05) is 19.5 Å². The smallest absolute Gasteiger partial charge is 0.318 e. The maximum atomic E-state index is 12.9. The van der Waals surface area contributed by atoms with Gasteiger partial charge in [0.2, 0.25) is 5.89 Å². The second kappa shape index (κ2) is 8.64. The van der Waals surface area contributed by atoms with Crippen LogP contribution in [0.1, 0.15) is 43.9 Å². The van der Waals surface area contributed by atoms with E-state index in [2.05, 4.69) is 15.5 Å². The Bertz CT molecular complexity index is 719. The van der Waals surface area contributed by atoms with E-state index in [0.29, 0.717) is 43.6 Å². The van der Waals surface area contributed by atoms with Gasteiger partial charge in [0.1, 0.15) is 17.6 Å². The number of ether oxygens (including phenoxy) is 1. The predicted molar refractivity (Wildman–Crippen MR) is 92.3 cm³/mol. The lowest BCUT2D eigenvalue weighted by Gasteiger charge is -2.33. The van der Waals surface area contributed by atoms with Crippen molar-refractivity contribution in [2.75, 3.05) is 19.7 Å². The van der Waals surface area contributed by atoms with Crippen LogP contribution in [0.5, 0.6) is 5.75 Å². The van der Waals surface area contributed by atoms with Crippen molar-refractivity contribution in [3.05, 3.63) is 41.8 Å². The second-order valence-electron chi connectivity index (χ2n) is 6.14. The molecule has 8 heteroatoms. The summed E-state index contributed by atoms with van der Waals surface area (Å²) < 4.78 is 23.8. The van der Waals surface area contributed by atoms with Crippen LogP contribution in [0.2, 0.25) is 0 Å². The summed E-state index contributed by atoms with van der Waals surface area (Å²) in [6.07, 6.45) is 3.27. The Labute approximate surface area is 151 Å². The van der Waals surface area contributed by atoms with Crippen LogP contribution in [0.4, 0.5) is 9.18 Å². The van der Waals surface area contributed by atoms with Gasteiger partial charge < -0.3 is 19.5 Å². The van der Waals surface area contributed by atoms with Gasteiger partial charge in [0.05, 0.1) is 6.61 Å². The van der Waals surface area contributed by atoms with Crippen molar-refractivity contribution in [3.8, 4) is 5.75 Å². The maximum Gasteiger partial charge on any atom is 0.318 e. The zero-order chi connectivity index (χ0) is 18.4. The first-order chi connectivity index (χ1) is 12.7. The molecule has 26 heavy (non-hydrogen) atoms. The Morgan fingerprint density at radius 2 is 2.19 bits per heavy atom. The Morgan fingerprint density at radius 1 is 1.38 bits per heavy atom. The highest BCUT2D eigenvalue weighted by molar-refractivity contribution is 5.74. The van der Waals surface area contributed by atoms with E-state index in [1.54, 1.807) is 17.0 Å². The Balaban J connectivity index is 1.57. The monoisotopic (exact) mass is 362 g/mol. The van der Waals surface area contributed by atoms with Gasteiger partial charge in [-0.05, 0) is 50.5 Å². The number of likely N-dealkylation sites (tertiary alicyclic amines) is 1. The van der Waals surface area contributed by atoms with Gasteiger partial charge >= 0.3 is 6.03 Å². The molecule has 2 aromatic rings. The SMILES string of the molecule is CCNC(=O)N1CCCCC1c1nc(CCOc2ccc(F)cc2)no1. The topological polar surface area (TPSA) is 80.5 Å². The average Bonchev–Trinajstić information content (AvgIpc) is 3.12. The number of rotatable bonds is 6. The van der Waals surface area contributed by atoms with E-state index in [0.717, 1.165) is 19.3 Å². The van der Waals surface area contributed by atoms with Crippen molar-refractivity contribution < 1.29 is 18.4 Å². The van der Waals surface area contributed by atoms with Gasteiger partial charge in [0.15, 0.2) is 5.82 Å². The quantitative estimate of drug-likeness (QED) is 0.854. The Morgan fingerprint density at radius 3 is 2.96 bits per heavy atom. The molecule has 0 aliphatic carbocycles. The highest BCUT2D eigenvalue weighted by Crippen LogP contribution is 2.29. The van der Waals surface area contributed by atoms with Gasteiger partial charge in [-0.1, -0.05) is 5.16 Å². The van der Waals surface area contributed by atoms with E-state index >= 15 is 0 Å². The number of amides is 2. The molecule has 1 aliphatic heterocycles. The number of halogens is 1. The Hall–Kier alpha value is -2.64. The van der Waals surface area contributed by atoms with Crippen LogP contribution in [0.3, 0.4) is 0 Å². The highest BCUT2D eigenvalue weighted by Gasteiger charge is 2.31. The molecule has 1 aromatic carbocycles. The zero-order valence-electron chi connectivity index (χ0n) is 14.8. The van der Waals surface area contributed by atoms with Crippen LogP contribution in [0, 0.1) is 5.82 Å². The van der Waals surface area contributed by atoms with E-state index in [-0.39, 0.29) is 17.9 Å². The largest absolute Gasteiger partial charge is 0.493 e. The van der Waals surface area contributed by atoms with E-state index in [4.69, 9.17) is 9.26 Å². The number of hydrogen-bond acceptors (Lipinski definition) is 5. The van der Waals surface area contributed by atoms with Gasteiger partial charge in [-0.3, -0.25) is 0 Å². The van der Waals surface area contributed by atoms with Gasteiger partial charge in [-0.15, -0.1) is 0 Å². The van der Waals surface area contributed by atoms with E-state index in [9.17, 15) is 9.18 Å². The van der Waals surface area contributed by atoms with Crippen molar-refractivity contribution in [1.82, 2.24) is 20.4 Å². The molecule has 0 saturated carbocycles.